The number of hydrogen-bond acceptors (Lipinski definition) is 3. The van der Waals surface area contributed by atoms with Crippen LogP contribution in [0.2, 0.25) is 0 Å². The molecule has 1 aromatic rings. The minimum absolute atomic E-state index is 0.144. The van der Waals surface area contributed by atoms with Crippen molar-refractivity contribution in [1.29, 1.82) is 0 Å². The summed E-state index contributed by atoms with van der Waals surface area (Å²) in [5.41, 5.74) is 1.24. The fourth-order valence-electron chi connectivity index (χ4n) is 2.91. The molecule has 1 N–H and O–H groups in total. The first kappa shape index (κ1) is 16.3. The number of hydrogen-bond donors (Lipinski definition) is 1. The molecule has 0 heterocycles. The Bertz CT molecular complexity index is 385. The van der Waals surface area contributed by atoms with Gasteiger partial charge in [-0.1, -0.05) is 38.3 Å². The third-order valence-corrected chi connectivity index (χ3v) is 4.15. The van der Waals surface area contributed by atoms with Crippen molar-refractivity contribution < 1.29 is 9.47 Å². The lowest BCUT2D eigenvalue weighted by Crippen LogP contribution is -2.28. The summed E-state index contributed by atoms with van der Waals surface area (Å²) in [6.07, 6.45) is 8.12. The molecule has 0 radical (unpaired) electrons. The lowest BCUT2D eigenvalue weighted by Gasteiger charge is -2.28. The van der Waals surface area contributed by atoms with Crippen LogP contribution in [-0.2, 0) is 4.74 Å². The highest BCUT2D eigenvalue weighted by atomic mass is 16.5. The van der Waals surface area contributed by atoms with Gasteiger partial charge in [-0.05, 0) is 43.5 Å². The van der Waals surface area contributed by atoms with Gasteiger partial charge >= 0.3 is 0 Å². The second-order valence-corrected chi connectivity index (χ2v) is 5.86. The van der Waals surface area contributed by atoms with Gasteiger partial charge in [-0.25, -0.2) is 0 Å². The van der Waals surface area contributed by atoms with E-state index in [1.807, 2.05) is 12.1 Å². The Morgan fingerprint density at radius 3 is 2.48 bits per heavy atom. The maximum atomic E-state index is 6.39. The third-order valence-electron chi connectivity index (χ3n) is 4.15. The smallest absolute Gasteiger partial charge is 0.118 e. The first-order chi connectivity index (χ1) is 10.3. The van der Waals surface area contributed by atoms with E-state index in [0.29, 0.717) is 6.10 Å². The molecule has 1 aliphatic rings. The molecule has 0 aromatic heterocycles. The number of benzene rings is 1. The average molecular weight is 291 g/mol. The van der Waals surface area contributed by atoms with Gasteiger partial charge in [0.15, 0.2) is 0 Å². The van der Waals surface area contributed by atoms with Crippen LogP contribution in [-0.4, -0.2) is 26.3 Å². The van der Waals surface area contributed by atoms with Crippen molar-refractivity contribution in [3.63, 3.8) is 0 Å². The Kier molecular flexibility index (Phi) is 7.04. The molecule has 1 aromatic carbocycles. The first-order valence-electron chi connectivity index (χ1n) is 8.33. The van der Waals surface area contributed by atoms with Crippen LogP contribution in [0, 0.1) is 0 Å². The van der Waals surface area contributed by atoms with Crippen molar-refractivity contribution in [3.05, 3.63) is 29.8 Å². The summed E-state index contributed by atoms with van der Waals surface area (Å²) in [6.45, 7) is 4.12. The zero-order chi connectivity index (χ0) is 14.9. The molecule has 3 nitrogen and oxygen atoms in total. The number of ether oxygens (including phenoxy) is 2. The highest BCUT2D eigenvalue weighted by molar-refractivity contribution is 5.28. The normalized spacial score (nSPS) is 17.6. The van der Waals surface area contributed by atoms with Gasteiger partial charge < -0.3 is 14.8 Å². The Morgan fingerprint density at radius 1 is 1.14 bits per heavy atom. The second kappa shape index (κ2) is 9.06. The molecule has 2 rings (SSSR count). The molecule has 0 amide bonds. The standard InChI is InChI=1S/C18H29NO2/c1-3-13-19-14-18(21-17-7-5-4-6-8-17)15-9-11-16(20-2)12-10-15/h9-12,17-19H,3-8,13-14H2,1-2H3. The quantitative estimate of drug-likeness (QED) is 0.732. The van der Waals surface area contributed by atoms with E-state index >= 15 is 0 Å². The molecule has 0 aliphatic heterocycles. The molecular weight excluding hydrogens is 262 g/mol. The minimum Gasteiger partial charge on any atom is -0.497 e. The molecule has 3 heteroatoms. The summed E-state index contributed by atoms with van der Waals surface area (Å²) in [5.74, 6) is 0.900. The summed E-state index contributed by atoms with van der Waals surface area (Å²) in [6, 6.07) is 8.29. The molecule has 0 spiro atoms. The van der Waals surface area contributed by atoms with E-state index in [9.17, 15) is 0 Å². The minimum atomic E-state index is 0.144. The van der Waals surface area contributed by atoms with Gasteiger partial charge in [0, 0.05) is 6.54 Å². The molecular formula is C18H29NO2. The first-order valence-corrected chi connectivity index (χ1v) is 8.33. The fraction of sp³-hybridized carbons (Fsp3) is 0.667. The highest BCUT2D eigenvalue weighted by Crippen LogP contribution is 2.27. The van der Waals surface area contributed by atoms with Crippen LogP contribution in [0.25, 0.3) is 0 Å². The van der Waals surface area contributed by atoms with Gasteiger partial charge in [0.05, 0.1) is 19.3 Å². The monoisotopic (exact) mass is 291 g/mol. The van der Waals surface area contributed by atoms with Crippen molar-refractivity contribution in [3.8, 4) is 5.75 Å². The molecule has 0 saturated heterocycles. The zero-order valence-corrected chi connectivity index (χ0v) is 13.4. The number of rotatable bonds is 8. The van der Waals surface area contributed by atoms with E-state index in [2.05, 4.69) is 24.4 Å². The molecule has 1 atom stereocenters. The van der Waals surface area contributed by atoms with Gasteiger partial charge in [-0.15, -0.1) is 0 Å². The van der Waals surface area contributed by atoms with Crippen molar-refractivity contribution >= 4 is 0 Å². The largest absolute Gasteiger partial charge is 0.497 e. The molecule has 1 fully saturated rings. The van der Waals surface area contributed by atoms with Gasteiger partial charge in [0.1, 0.15) is 5.75 Å². The van der Waals surface area contributed by atoms with E-state index in [4.69, 9.17) is 9.47 Å². The third kappa shape index (κ3) is 5.33. The van der Waals surface area contributed by atoms with Gasteiger partial charge in [-0.3, -0.25) is 0 Å². The summed E-state index contributed by atoms with van der Waals surface area (Å²) in [4.78, 5) is 0. The molecule has 1 aliphatic carbocycles. The lowest BCUT2D eigenvalue weighted by molar-refractivity contribution is -0.0305. The van der Waals surface area contributed by atoms with Crippen LogP contribution in [0.5, 0.6) is 5.75 Å². The summed E-state index contributed by atoms with van der Waals surface area (Å²) in [7, 11) is 1.70. The van der Waals surface area contributed by atoms with Crippen molar-refractivity contribution in [2.45, 2.75) is 57.7 Å². The second-order valence-electron chi connectivity index (χ2n) is 5.86. The van der Waals surface area contributed by atoms with Crippen LogP contribution >= 0.6 is 0 Å². The van der Waals surface area contributed by atoms with Crippen LogP contribution in [0.4, 0.5) is 0 Å². The predicted octanol–water partition coefficient (Wildman–Crippen LogP) is 4.09. The Labute approximate surface area is 129 Å². The van der Waals surface area contributed by atoms with Gasteiger partial charge in [0.2, 0.25) is 0 Å². The topological polar surface area (TPSA) is 30.5 Å². The summed E-state index contributed by atoms with van der Waals surface area (Å²) >= 11 is 0. The predicted molar refractivity (Wildman–Crippen MR) is 86.9 cm³/mol. The maximum Gasteiger partial charge on any atom is 0.118 e. The van der Waals surface area contributed by atoms with E-state index < -0.39 is 0 Å². The molecule has 118 valence electrons. The van der Waals surface area contributed by atoms with E-state index in [0.717, 1.165) is 25.3 Å². The van der Waals surface area contributed by atoms with Gasteiger partial charge in [-0.2, -0.15) is 0 Å². The Balaban J connectivity index is 1.98. The van der Waals surface area contributed by atoms with Crippen LogP contribution < -0.4 is 10.1 Å². The average Bonchev–Trinajstić information content (AvgIpc) is 2.55. The zero-order valence-electron chi connectivity index (χ0n) is 13.4. The van der Waals surface area contributed by atoms with Crippen molar-refractivity contribution in [2.75, 3.05) is 20.2 Å². The number of methoxy groups -OCH3 is 1. The lowest BCUT2D eigenvalue weighted by atomic mass is 9.97. The molecule has 0 bridgehead atoms. The van der Waals surface area contributed by atoms with E-state index in [-0.39, 0.29) is 6.10 Å². The SMILES string of the molecule is CCCNCC(OC1CCCCC1)c1ccc(OC)cc1. The summed E-state index contributed by atoms with van der Waals surface area (Å²) in [5, 5.41) is 3.50. The Morgan fingerprint density at radius 2 is 1.86 bits per heavy atom. The maximum absolute atomic E-state index is 6.39. The highest BCUT2D eigenvalue weighted by Gasteiger charge is 2.20. The fourth-order valence-corrected chi connectivity index (χ4v) is 2.91. The molecule has 1 unspecified atom stereocenters. The van der Waals surface area contributed by atoms with Crippen molar-refractivity contribution in [2.24, 2.45) is 0 Å². The van der Waals surface area contributed by atoms with Crippen LogP contribution in [0.3, 0.4) is 0 Å². The van der Waals surface area contributed by atoms with Gasteiger partial charge in [0.25, 0.3) is 0 Å². The Hall–Kier alpha value is -1.06. The van der Waals surface area contributed by atoms with Crippen LogP contribution in [0.1, 0.15) is 57.1 Å². The van der Waals surface area contributed by atoms with Crippen molar-refractivity contribution in [1.82, 2.24) is 5.32 Å². The summed E-state index contributed by atoms with van der Waals surface area (Å²) < 4.78 is 11.6. The van der Waals surface area contributed by atoms with Crippen LogP contribution in [0.15, 0.2) is 24.3 Å². The molecule has 21 heavy (non-hydrogen) atoms. The van der Waals surface area contributed by atoms with E-state index in [1.165, 1.54) is 37.7 Å². The number of nitrogens with one attached hydrogen (secondary N) is 1. The van der Waals surface area contributed by atoms with E-state index in [1.54, 1.807) is 7.11 Å². The molecule has 1 saturated carbocycles.